The number of ether oxygens (including phenoxy) is 1. The minimum Gasteiger partial charge on any atom is -0.381 e. The van der Waals surface area contributed by atoms with Crippen molar-refractivity contribution in [2.75, 3.05) is 13.2 Å². The van der Waals surface area contributed by atoms with Gasteiger partial charge >= 0.3 is 0 Å². The molecular formula is C13H18N6OS. The summed E-state index contributed by atoms with van der Waals surface area (Å²) in [5.41, 5.74) is 0.967. The molecule has 1 aliphatic heterocycles. The fourth-order valence-corrected chi connectivity index (χ4v) is 3.24. The van der Waals surface area contributed by atoms with E-state index in [1.54, 1.807) is 0 Å². The average molecular weight is 306 g/mol. The largest absolute Gasteiger partial charge is 0.381 e. The maximum atomic E-state index is 5.39. The van der Waals surface area contributed by atoms with Crippen molar-refractivity contribution < 1.29 is 4.74 Å². The first-order chi connectivity index (χ1) is 10.3. The van der Waals surface area contributed by atoms with Crippen LogP contribution in [0, 0.1) is 6.92 Å². The van der Waals surface area contributed by atoms with Gasteiger partial charge in [0.1, 0.15) is 10.9 Å². The molecule has 3 rings (SSSR count). The molecule has 0 radical (unpaired) electrons. The zero-order valence-corrected chi connectivity index (χ0v) is 13.0. The third-order valence-electron chi connectivity index (χ3n) is 3.39. The Labute approximate surface area is 127 Å². The highest BCUT2D eigenvalue weighted by atomic mass is 32.2. The summed E-state index contributed by atoms with van der Waals surface area (Å²) in [5, 5.41) is 13.8. The van der Waals surface area contributed by atoms with Crippen molar-refractivity contribution in [1.29, 1.82) is 0 Å². The second-order valence-corrected chi connectivity index (χ2v) is 5.96. The Balaban J connectivity index is 1.82. The van der Waals surface area contributed by atoms with Crippen molar-refractivity contribution in [2.24, 2.45) is 0 Å². The number of rotatable bonds is 4. The van der Waals surface area contributed by atoms with Crippen LogP contribution < -0.4 is 0 Å². The van der Waals surface area contributed by atoms with E-state index in [4.69, 9.17) is 4.74 Å². The van der Waals surface area contributed by atoms with Gasteiger partial charge in [0.25, 0.3) is 0 Å². The monoisotopic (exact) mass is 306 g/mol. The van der Waals surface area contributed by atoms with Gasteiger partial charge < -0.3 is 4.74 Å². The number of hydrogen-bond donors (Lipinski definition) is 0. The molecule has 3 heterocycles. The lowest BCUT2D eigenvalue weighted by molar-refractivity contribution is 0.0631. The Bertz CT molecular complexity index is 610. The summed E-state index contributed by atoms with van der Waals surface area (Å²) in [6.45, 7) is 5.56. The highest BCUT2D eigenvalue weighted by Crippen LogP contribution is 2.29. The molecule has 7 nitrogen and oxygen atoms in total. The summed E-state index contributed by atoms with van der Waals surface area (Å²) in [7, 11) is 0. The van der Waals surface area contributed by atoms with Gasteiger partial charge in [-0.2, -0.15) is 0 Å². The molecule has 0 amide bonds. The molecule has 0 atom stereocenters. The lowest BCUT2D eigenvalue weighted by Gasteiger charge is -2.22. The van der Waals surface area contributed by atoms with E-state index in [-0.39, 0.29) is 0 Å². The first-order valence-electron chi connectivity index (χ1n) is 7.14. The van der Waals surface area contributed by atoms with Crippen LogP contribution in [0.15, 0.2) is 16.2 Å². The first kappa shape index (κ1) is 14.4. The summed E-state index contributed by atoms with van der Waals surface area (Å²) in [6.07, 6.45) is 2.71. The predicted octanol–water partition coefficient (Wildman–Crippen LogP) is 1.84. The van der Waals surface area contributed by atoms with E-state index >= 15 is 0 Å². The highest BCUT2D eigenvalue weighted by molar-refractivity contribution is 7.99. The summed E-state index contributed by atoms with van der Waals surface area (Å²) in [6, 6.07) is 2.28. The smallest absolute Gasteiger partial charge is 0.215 e. The molecular weight excluding hydrogens is 288 g/mol. The summed E-state index contributed by atoms with van der Waals surface area (Å²) >= 11 is 1.49. The molecule has 0 unspecified atom stereocenters. The lowest BCUT2D eigenvalue weighted by atomic mass is 10.1. The van der Waals surface area contributed by atoms with Crippen molar-refractivity contribution in [3.63, 3.8) is 0 Å². The lowest BCUT2D eigenvalue weighted by Crippen LogP contribution is -2.21. The van der Waals surface area contributed by atoms with E-state index < -0.39 is 0 Å². The summed E-state index contributed by atoms with van der Waals surface area (Å²) < 4.78 is 7.29. The second kappa shape index (κ2) is 6.48. The average Bonchev–Trinajstić information content (AvgIpc) is 2.95. The molecule has 0 spiro atoms. The Morgan fingerprint density at radius 3 is 2.90 bits per heavy atom. The second-order valence-electron chi connectivity index (χ2n) is 4.97. The quantitative estimate of drug-likeness (QED) is 0.797. The van der Waals surface area contributed by atoms with Crippen molar-refractivity contribution in [2.45, 2.75) is 49.3 Å². The number of aryl methyl sites for hydroxylation is 2. The molecule has 2 aromatic heterocycles. The van der Waals surface area contributed by atoms with Crippen LogP contribution >= 0.6 is 11.8 Å². The van der Waals surface area contributed by atoms with Gasteiger partial charge in [-0.15, -0.1) is 5.10 Å². The van der Waals surface area contributed by atoms with Gasteiger partial charge in [0, 0.05) is 25.3 Å². The Hall–Kier alpha value is -1.54. The molecule has 21 heavy (non-hydrogen) atoms. The van der Waals surface area contributed by atoms with Crippen molar-refractivity contribution in [3.05, 3.63) is 17.6 Å². The fourth-order valence-electron chi connectivity index (χ4n) is 2.31. The maximum absolute atomic E-state index is 5.39. The van der Waals surface area contributed by atoms with Crippen molar-refractivity contribution in [3.8, 4) is 0 Å². The maximum Gasteiger partial charge on any atom is 0.215 e. The van der Waals surface area contributed by atoms with E-state index in [9.17, 15) is 0 Å². The van der Waals surface area contributed by atoms with Crippen LogP contribution in [0.2, 0.25) is 0 Å². The molecule has 2 aromatic rings. The van der Waals surface area contributed by atoms with Gasteiger partial charge in [0.05, 0.1) is 6.04 Å². The SMILES string of the molecule is CCc1nc(C)cc(Sc2nnnn2C2CCOCC2)n1. The topological polar surface area (TPSA) is 78.6 Å². The Morgan fingerprint density at radius 1 is 1.33 bits per heavy atom. The van der Waals surface area contributed by atoms with Crippen LogP contribution in [0.25, 0.3) is 0 Å². The molecule has 0 N–H and O–H groups in total. The molecule has 1 aliphatic rings. The van der Waals surface area contributed by atoms with Crippen LogP contribution in [-0.4, -0.2) is 43.4 Å². The van der Waals surface area contributed by atoms with Crippen LogP contribution in [-0.2, 0) is 11.2 Å². The molecule has 1 fully saturated rings. The van der Waals surface area contributed by atoms with Gasteiger partial charge in [-0.25, -0.2) is 14.6 Å². The molecule has 0 bridgehead atoms. The number of aromatic nitrogens is 6. The van der Waals surface area contributed by atoms with E-state index in [2.05, 4.69) is 32.4 Å². The highest BCUT2D eigenvalue weighted by Gasteiger charge is 2.21. The third kappa shape index (κ3) is 3.38. The Morgan fingerprint density at radius 2 is 2.14 bits per heavy atom. The van der Waals surface area contributed by atoms with Gasteiger partial charge in [0.15, 0.2) is 0 Å². The van der Waals surface area contributed by atoms with E-state index in [1.165, 1.54) is 11.8 Å². The normalized spacial score (nSPS) is 16.3. The van der Waals surface area contributed by atoms with Gasteiger partial charge in [-0.05, 0) is 48.0 Å². The molecule has 0 saturated carbocycles. The molecule has 112 valence electrons. The molecule has 0 aliphatic carbocycles. The fraction of sp³-hybridized carbons (Fsp3) is 0.615. The van der Waals surface area contributed by atoms with Gasteiger partial charge in [0.2, 0.25) is 5.16 Å². The summed E-state index contributed by atoms with van der Waals surface area (Å²) in [4.78, 5) is 8.93. The molecule has 1 saturated heterocycles. The van der Waals surface area contributed by atoms with E-state index in [1.807, 2.05) is 17.7 Å². The van der Waals surface area contributed by atoms with Crippen molar-refractivity contribution in [1.82, 2.24) is 30.2 Å². The minimum atomic E-state index is 0.310. The zero-order chi connectivity index (χ0) is 14.7. The Kier molecular flexibility index (Phi) is 4.45. The number of tetrazole rings is 1. The van der Waals surface area contributed by atoms with Gasteiger partial charge in [-0.1, -0.05) is 6.92 Å². The van der Waals surface area contributed by atoms with Crippen molar-refractivity contribution >= 4 is 11.8 Å². The first-order valence-corrected chi connectivity index (χ1v) is 7.96. The minimum absolute atomic E-state index is 0.310. The van der Waals surface area contributed by atoms with Crippen LogP contribution in [0.4, 0.5) is 0 Å². The third-order valence-corrected chi connectivity index (χ3v) is 4.26. The number of nitrogens with zero attached hydrogens (tertiary/aromatic N) is 6. The van der Waals surface area contributed by atoms with Crippen LogP contribution in [0.3, 0.4) is 0 Å². The predicted molar refractivity (Wildman–Crippen MR) is 77.2 cm³/mol. The van der Waals surface area contributed by atoms with Crippen LogP contribution in [0.5, 0.6) is 0 Å². The number of hydrogen-bond acceptors (Lipinski definition) is 7. The van der Waals surface area contributed by atoms with Crippen LogP contribution in [0.1, 0.15) is 37.3 Å². The molecule has 0 aromatic carbocycles. The summed E-state index contributed by atoms with van der Waals surface area (Å²) in [5.74, 6) is 0.850. The van der Waals surface area contributed by atoms with E-state index in [0.717, 1.165) is 54.2 Å². The molecule has 8 heteroatoms. The van der Waals surface area contributed by atoms with E-state index in [0.29, 0.717) is 6.04 Å². The zero-order valence-electron chi connectivity index (χ0n) is 12.2. The standard InChI is InChI=1S/C13H18N6OS/c1-3-11-14-9(2)8-12(15-11)21-13-16-17-18-19(13)10-4-6-20-7-5-10/h8,10H,3-7H2,1-2H3. The van der Waals surface area contributed by atoms with Gasteiger partial charge in [-0.3, -0.25) is 0 Å².